The molecule has 1 fully saturated rings. The molecule has 1 aliphatic rings. The Bertz CT molecular complexity index is 678. The number of methoxy groups -OCH3 is 1. The van der Waals surface area contributed by atoms with Gasteiger partial charge in [-0.15, -0.1) is 11.8 Å². The van der Waals surface area contributed by atoms with E-state index in [1.807, 2.05) is 48.2 Å². The van der Waals surface area contributed by atoms with Crippen LogP contribution >= 0.6 is 11.8 Å². The van der Waals surface area contributed by atoms with Crippen molar-refractivity contribution < 1.29 is 9.53 Å². The Morgan fingerprint density at radius 2 is 1.92 bits per heavy atom. The molecule has 1 saturated carbocycles. The highest BCUT2D eigenvalue weighted by molar-refractivity contribution is 8.00. The lowest BCUT2D eigenvalue weighted by molar-refractivity contribution is 0.102. The molecule has 0 radical (unpaired) electrons. The van der Waals surface area contributed by atoms with Crippen LogP contribution in [0.2, 0.25) is 0 Å². The minimum atomic E-state index is -0.0934. The normalized spacial score (nSPS) is 14.7. The Kier molecular flexibility index (Phi) is 5.94. The van der Waals surface area contributed by atoms with E-state index in [2.05, 4.69) is 17.4 Å². The number of carbonyl (C=O) groups is 1. The first-order valence-electron chi connectivity index (χ1n) is 8.40. The highest BCUT2D eigenvalue weighted by Gasteiger charge is 2.16. The zero-order chi connectivity index (χ0) is 16.8. The topological polar surface area (TPSA) is 38.3 Å². The molecule has 2 aromatic rings. The van der Waals surface area contributed by atoms with Gasteiger partial charge in [-0.1, -0.05) is 25.0 Å². The van der Waals surface area contributed by atoms with Gasteiger partial charge >= 0.3 is 0 Å². The lowest BCUT2D eigenvalue weighted by Gasteiger charge is -2.10. The molecule has 3 rings (SSSR count). The van der Waals surface area contributed by atoms with Crippen molar-refractivity contribution in [1.82, 2.24) is 0 Å². The standard InChI is InChI=1S/C20H23NO2S/c1-23-14-15-5-4-6-16(13-15)20(22)21-17-9-11-19(12-10-17)24-18-7-2-3-8-18/h4-6,9-13,18H,2-3,7-8,14H2,1H3,(H,21,22). The molecule has 2 aromatic carbocycles. The Balaban J connectivity index is 1.60. The van der Waals surface area contributed by atoms with Gasteiger partial charge in [0, 0.05) is 28.5 Å². The molecule has 1 N–H and O–H groups in total. The van der Waals surface area contributed by atoms with E-state index < -0.39 is 0 Å². The van der Waals surface area contributed by atoms with Gasteiger partial charge in [-0.2, -0.15) is 0 Å². The van der Waals surface area contributed by atoms with Gasteiger partial charge in [0.15, 0.2) is 0 Å². The number of amides is 1. The van der Waals surface area contributed by atoms with Gasteiger partial charge in [-0.3, -0.25) is 4.79 Å². The van der Waals surface area contributed by atoms with Gasteiger partial charge in [0.25, 0.3) is 5.91 Å². The van der Waals surface area contributed by atoms with Gasteiger partial charge < -0.3 is 10.1 Å². The lowest BCUT2D eigenvalue weighted by Crippen LogP contribution is -2.12. The smallest absolute Gasteiger partial charge is 0.255 e. The van der Waals surface area contributed by atoms with Crippen molar-refractivity contribution in [2.75, 3.05) is 12.4 Å². The van der Waals surface area contributed by atoms with Crippen molar-refractivity contribution in [1.29, 1.82) is 0 Å². The highest BCUT2D eigenvalue weighted by atomic mass is 32.2. The minimum Gasteiger partial charge on any atom is -0.380 e. The first-order chi connectivity index (χ1) is 11.7. The molecular formula is C20H23NO2S. The summed E-state index contributed by atoms with van der Waals surface area (Å²) in [4.78, 5) is 13.7. The number of nitrogens with one attached hydrogen (secondary N) is 1. The molecule has 0 unspecified atom stereocenters. The number of anilines is 1. The summed E-state index contributed by atoms with van der Waals surface area (Å²) in [7, 11) is 1.65. The second kappa shape index (κ2) is 8.36. The minimum absolute atomic E-state index is 0.0934. The lowest BCUT2D eigenvalue weighted by atomic mass is 10.1. The molecule has 24 heavy (non-hydrogen) atoms. The van der Waals surface area contributed by atoms with Gasteiger partial charge in [0.2, 0.25) is 0 Å². The van der Waals surface area contributed by atoms with Crippen LogP contribution in [-0.2, 0) is 11.3 Å². The summed E-state index contributed by atoms with van der Waals surface area (Å²) in [5.41, 5.74) is 2.47. The molecule has 126 valence electrons. The average molecular weight is 341 g/mol. The third-order valence-corrected chi connectivity index (χ3v) is 5.57. The number of carbonyl (C=O) groups excluding carboxylic acids is 1. The molecule has 1 aliphatic carbocycles. The molecule has 0 bridgehead atoms. The van der Waals surface area contributed by atoms with Crippen molar-refractivity contribution in [2.24, 2.45) is 0 Å². The van der Waals surface area contributed by atoms with Crippen LogP contribution in [-0.4, -0.2) is 18.3 Å². The van der Waals surface area contributed by atoms with Gasteiger partial charge in [-0.05, 0) is 54.8 Å². The molecule has 4 heteroatoms. The number of hydrogen-bond acceptors (Lipinski definition) is 3. The Morgan fingerprint density at radius 1 is 1.17 bits per heavy atom. The van der Waals surface area contributed by atoms with Crippen molar-refractivity contribution in [2.45, 2.75) is 42.4 Å². The Labute approximate surface area is 147 Å². The summed E-state index contributed by atoms with van der Waals surface area (Å²) in [5.74, 6) is -0.0934. The number of hydrogen-bond donors (Lipinski definition) is 1. The van der Waals surface area contributed by atoms with E-state index in [0.29, 0.717) is 12.2 Å². The van der Waals surface area contributed by atoms with Gasteiger partial charge in [0.05, 0.1) is 6.61 Å². The van der Waals surface area contributed by atoms with Gasteiger partial charge in [-0.25, -0.2) is 0 Å². The molecule has 0 aliphatic heterocycles. The van der Waals surface area contributed by atoms with Crippen LogP contribution in [0.1, 0.15) is 41.6 Å². The van der Waals surface area contributed by atoms with E-state index in [0.717, 1.165) is 16.5 Å². The molecule has 0 aromatic heterocycles. The van der Waals surface area contributed by atoms with E-state index in [4.69, 9.17) is 4.74 Å². The summed E-state index contributed by atoms with van der Waals surface area (Å²) in [6.45, 7) is 0.508. The molecule has 0 atom stereocenters. The zero-order valence-corrected chi connectivity index (χ0v) is 14.8. The summed E-state index contributed by atoms with van der Waals surface area (Å²) in [5, 5.41) is 3.72. The summed E-state index contributed by atoms with van der Waals surface area (Å²) < 4.78 is 5.11. The fraction of sp³-hybridized carbons (Fsp3) is 0.350. The first kappa shape index (κ1) is 17.1. The predicted molar refractivity (Wildman–Crippen MR) is 99.7 cm³/mol. The average Bonchev–Trinajstić information content (AvgIpc) is 3.10. The summed E-state index contributed by atoms with van der Waals surface area (Å²) in [6.07, 6.45) is 5.35. The highest BCUT2D eigenvalue weighted by Crippen LogP contribution is 2.34. The van der Waals surface area contributed by atoms with Crippen molar-refractivity contribution in [3.05, 3.63) is 59.7 Å². The SMILES string of the molecule is COCc1cccc(C(=O)Nc2ccc(SC3CCCC3)cc2)c1. The molecule has 1 amide bonds. The maximum atomic E-state index is 12.4. The number of benzene rings is 2. The van der Waals surface area contributed by atoms with Crippen molar-refractivity contribution >= 4 is 23.4 Å². The molecule has 0 spiro atoms. The number of thioether (sulfide) groups is 1. The number of ether oxygens (including phenoxy) is 1. The second-order valence-electron chi connectivity index (χ2n) is 6.14. The Morgan fingerprint density at radius 3 is 2.62 bits per heavy atom. The number of rotatable bonds is 6. The van der Waals surface area contributed by atoms with Gasteiger partial charge in [0.1, 0.15) is 0 Å². The van der Waals surface area contributed by atoms with Crippen molar-refractivity contribution in [3.63, 3.8) is 0 Å². The maximum absolute atomic E-state index is 12.4. The zero-order valence-electron chi connectivity index (χ0n) is 14.0. The van der Waals surface area contributed by atoms with Crippen LogP contribution in [0.5, 0.6) is 0 Å². The fourth-order valence-corrected chi connectivity index (χ4v) is 4.23. The van der Waals surface area contributed by atoms with Crippen LogP contribution in [0.4, 0.5) is 5.69 Å². The summed E-state index contributed by atoms with van der Waals surface area (Å²) >= 11 is 1.96. The van der Waals surface area contributed by atoms with Crippen LogP contribution in [0, 0.1) is 0 Å². The fourth-order valence-electron chi connectivity index (χ4n) is 2.99. The van der Waals surface area contributed by atoms with Crippen LogP contribution in [0.25, 0.3) is 0 Å². The van der Waals surface area contributed by atoms with Crippen LogP contribution in [0.15, 0.2) is 53.4 Å². The third kappa shape index (κ3) is 4.62. The quantitative estimate of drug-likeness (QED) is 0.792. The Hall–Kier alpha value is -1.78. The van der Waals surface area contributed by atoms with Crippen molar-refractivity contribution in [3.8, 4) is 0 Å². The second-order valence-corrected chi connectivity index (χ2v) is 7.51. The van der Waals surface area contributed by atoms with E-state index in [1.54, 1.807) is 7.11 Å². The molecule has 3 nitrogen and oxygen atoms in total. The largest absolute Gasteiger partial charge is 0.380 e. The van der Waals surface area contributed by atoms with E-state index >= 15 is 0 Å². The summed E-state index contributed by atoms with van der Waals surface area (Å²) in [6, 6.07) is 15.7. The van der Waals surface area contributed by atoms with Crippen LogP contribution in [0.3, 0.4) is 0 Å². The third-order valence-electron chi connectivity index (χ3n) is 4.22. The maximum Gasteiger partial charge on any atom is 0.255 e. The molecule has 0 heterocycles. The molecule has 0 saturated heterocycles. The van der Waals surface area contributed by atoms with E-state index in [1.165, 1.54) is 30.6 Å². The van der Waals surface area contributed by atoms with E-state index in [9.17, 15) is 4.79 Å². The van der Waals surface area contributed by atoms with Crippen LogP contribution < -0.4 is 5.32 Å². The monoisotopic (exact) mass is 341 g/mol. The first-order valence-corrected chi connectivity index (χ1v) is 9.28. The van der Waals surface area contributed by atoms with E-state index in [-0.39, 0.29) is 5.91 Å². The molecular weight excluding hydrogens is 318 g/mol. The predicted octanol–water partition coefficient (Wildman–Crippen LogP) is 5.12.